The third kappa shape index (κ3) is 3.56. The van der Waals surface area contributed by atoms with Crippen LogP contribution in [0, 0.1) is 0 Å². The number of methoxy groups -OCH3 is 1. The predicted octanol–water partition coefficient (Wildman–Crippen LogP) is 1.98. The quantitative estimate of drug-likeness (QED) is 0.921. The van der Waals surface area contributed by atoms with Crippen molar-refractivity contribution in [2.75, 3.05) is 20.2 Å². The van der Waals surface area contributed by atoms with Crippen LogP contribution in [0.5, 0.6) is 5.75 Å². The number of nitrogens with one attached hydrogen (secondary N) is 1. The maximum Gasteiger partial charge on any atom is 0.222 e. The van der Waals surface area contributed by atoms with Gasteiger partial charge in [-0.25, -0.2) is 0 Å². The summed E-state index contributed by atoms with van der Waals surface area (Å²) in [6, 6.07) is 9.13. The van der Waals surface area contributed by atoms with E-state index < -0.39 is 0 Å². The molecule has 2 unspecified atom stereocenters. The van der Waals surface area contributed by atoms with Crippen LogP contribution in [0.2, 0.25) is 0 Å². The minimum atomic E-state index is 0.284. The highest BCUT2D eigenvalue weighted by Gasteiger charge is 2.30. The molecule has 4 heteroatoms. The Hall–Kier alpha value is -1.55. The standard InChI is InChI=1S/C17H24N2O2/c1-21-16-4-2-3-13(11-16)5-8-17(20)19-10-9-14-6-7-15(12-19)18-14/h2-4,11,14-15,18H,5-10,12H2,1H3. The van der Waals surface area contributed by atoms with Gasteiger partial charge in [0.15, 0.2) is 0 Å². The fourth-order valence-corrected chi connectivity index (χ4v) is 3.41. The lowest BCUT2D eigenvalue weighted by Crippen LogP contribution is -2.39. The Balaban J connectivity index is 1.53. The smallest absolute Gasteiger partial charge is 0.222 e. The molecule has 2 heterocycles. The van der Waals surface area contributed by atoms with Crippen LogP contribution >= 0.6 is 0 Å². The molecule has 1 amide bonds. The van der Waals surface area contributed by atoms with E-state index in [9.17, 15) is 4.79 Å². The predicted molar refractivity (Wildman–Crippen MR) is 82.5 cm³/mol. The maximum absolute atomic E-state index is 12.4. The van der Waals surface area contributed by atoms with Crippen LogP contribution < -0.4 is 10.1 Å². The van der Waals surface area contributed by atoms with Crippen molar-refractivity contribution in [3.63, 3.8) is 0 Å². The molecule has 2 bridgehead atoms. The largest absolute Gasteiger partial charge is 0.497 e. The van der Waals surface area contributed by atoms with Crippen molar-refractivity contribution in [2.24, 2.45) is 0 Å². The molecule has 0 aromatic heterocycles. The highest BCUT2D eigenvalue weighted by Crippen LogP contribution is 2.21. The first-order chi connectivity index (χ1) is 10.2. The number of carbonyl (C=O) groups excluding carboxylic acids is 1. The zero-order valence-electron chi connectivity index (χ0n) is 12.7. The molecule has 4 nitrogen and oxygen atoms in total. The van der Waals surface area contributed by atoms with Gasteiger partial charge in [0.2, 0.25) is 5.91 Å². The van der Waals surface area contributed by atoms with Crippen LogP contribution in [0.4, 0.5) is 0 Å². The van der Waals surface area contributed by atoms with Crippen molar-refractivity contribution >= 4 is 5.91 Å². The van der Waals surface area contributed by atoms with Gasteiger partial charge < -0.3 is 15.0 Å². The van der Waals surface area contributed by atoms with Crippen LogP contribution in [0.1, 0.15) is 31.2 Å². The number of carbonyl (C=O) groups is 1. The summed E-state index contributed by atoms with van der Waals surface area (Å²) < 4.78 is 5.22. The SMILES string of the molecule is COc1cccc(CCC(=O)N2CCC3CCC(C2)N3)c1. The Bertz CT molecular complexity index is 503. The second-order valence-electron chi connectivity index (χ2n) is 6.12. The minimum Gasteiger partial charge on any atom is -0.497 e. The second-order valence-corrected chi connectivity index (χ2v) is 6.12. The van der Waals surface area contributed by atoms with E-state index in [0.717, 1.165) is 37.2 Å². The molecule has 3 rings (SSSR count). The molecule has 0 radical (unpaired) electrons. The van der Waals surface area contributed by atoms with E-state index in [2.05, 4.69) is 16.3 Å². The molecule has 1 aromatic rings. The molecule has 2 aliphatic heterocycles. The maximum atomic E-state index is 12.4. The fraction of sp³-hybridized carbons (Fsp3) is 0.588. The summed E-state index contributed by atoms with van der Waals surface area (Å²) in [4.78, 5) is 14.5. The zero-order valence-corrected chi connectivity index (χ0v) is 12.7. The fourth-order valence-electron chi connectivity index (χ4n) is 3.41. The first-order valence-corrected chi connectivity index (χ1v) is 7.91. The topological polar surface area (TPSA) is 41.6 Å². The van der Waals surface area contributed by atoms with Gasteiger partial charge >= 0.3 is 0 Å². The van der Waals surface area contributed by atoms with E-state index in [1.807, 2.05) is 18.2 Å². The monoisotopic (exact) mass is 288 g/mol. The highest BCUT2D eigenvalue weighted by atomic mass is 16.5. The summed E-state index contributed by atoms with van der Waals surface area (Å²) >= 11 is 0. The summed E-state index contributed by atoms with van der Waals surface area (Å²) in [6.45, 7) is 1.79. The van der Waals surface area contributed by atoms with Crippen molar-refractivity contribution in [3.05, 3.63) is 29.8 Å². The van der Waals surface area contributed by atoms with Gasteiger partial charge in [0.05, 0.1) is 7.11 Å². The number of ether oxygens (including phenoxy) is 1. The van der Waals surface area contributed by atoms with Crippen LogP contribution in [0.25, 0.3) is 0 Å². The second kappa shape index (κ2) is 6.48. The van der Waals surface area contributed by atoms with Gasteiger partial charge in [0, 0.05) is 31.6 Å². The van der Waals surface area contributed by atoms with Crippen LogP contribution in [0.15, 0.2) is 24.3 Å². The molecular weight excluding hydrogens is 264 g/mol. The number of amides is 1. The molecule has 2 saturated heterocycles. The summed E-state index contributed by atoms with van der Waals surface area (Å²) in [6.07, 6.45) is 4.96. The normalized spacial score (nSPS) is 24.7. The molecular formula is C17H24N2O2. The average molecular weight is 288 g/mol. The van der Waals surface area contributed by atoms with Crippen LogP contribution in [-0.4, -0.2) is 43.1 Å². The Morgan fingerprint density at radius 2 is 2.19 bits per heavy atom. The molecule has 2 fully saturated rings. The van der Waals surface area contributed by atoms with Crippen molar-refractivity contribution in [2.45, 2.75) is 44.2 Å². The number of aryl methyl sites for hydroxylation is 1. The third-order valence-corrected chi connectivity index (χ3v) is 4.64. The number of benzene rings is 1. The molecule has 114 valence electrons. The molecule has 0 saturated carbocycles. The zero-order chi connectivity index (χ0) is 14.7. The third-order valence-electron chi connectivity index (χ3n) is 4.64. The number of fused-ring (bicyclic) bond motifs is 2. The Kier molecular flexibility index (Phi) is 4.44. The number of nitrogens with zero attached hydrogens (tertiary/aromatic N) is 1. The molecule has 0 spiro atoms. The van der Waals surface area contributed by atoms with E-state index in [1.54, 1.807) is 7.11 Å². The van der Waals surface area contributed by atoms with Gasteiger partial charge in [-0.3, -0.25) is 4.79 Å². The minimum absolute atomic E-state index is 0.284. The van der Waals surface area contributed by atoms with Crippen LogP contribution in [0.3, 0.4) is 0 Å². The molecule has 1 N–H and O–H groups in total. The van der Waals surface area contributed by atoms with Gasteiger partial charge in [-0.15, -0.1) is 0 Å². The van der Waals surface area contributed by atoms with Crippen LogP contribution in [-0.2, 0) is 11.2 Å². The van der Waals surface area contributed by atoms with E-state index >= 15 is 0 Å². The highest BCUT2D eigenvalue weighted by molar-refractivity contribution is 5.76. The first-order valence-electron chi connectivity index (χ1n) is 7.91. The summed E-state index contributed by atoms with van der Waals surface area (Å²) in [5.41, 5.74) is 1.16. The Labute approximate surface area is 126 Å². The van der Waals surface area contributed by atoms with E-state index in [-0.39, 0.29) is 5.91 Å². The lowest BCUT2D eigenvalue weighted by Gasteiger charge is -2.24. The number of likely N-dealkylation sites (tertiary alicyclic amines) is 1. The Morgan fingerprint density at radius 3 is 3.05 bits per heavy atom. The Morgan fingerprint density at radius 1 is 1.33 bits per heavy atom. The molecule has 2 atom stereocenters. The summed E-state index contributed by atoms with van der Waals surface area (Å²) in [5, 5.41) is 3.62. The summed E-state index contributed by atoms with van der Waals surface area (Å²) in [5.74, 6) is 1.14. The average Bonchev–Trinajstić information content (AvgIpc) is 2.84. The van der Waals surface area contributed by atoms with E-state index in [1.165, 1.54) is 12.8 Å². The molecule has 21 heavy (non-hydrogen) atoms. The van der Waals surface area contributed by atoms with Crippen molar-refractivity contribution in [1.82, 2.24) is 10.2 Å². The molecule has 1 aromatic carbocycles. The number of hydrogen-bond acceptors (Lipinski definition) is 3. The number of rotatable bonds is 4. The van der Waals surface area contributed by atoms with E-state index in [0.29, 0.717) is 18.5 Å². The molecule has 0 aliphatic carbocycles. The summed E-state index contributed by atoms with van der Waals surface area (Å²) in [7, 11) is 1.67. The van der Waals surface area contributed by atoms with Crippen molar-refractivity contribution in [1.29, 1.82) is 0 Å². The lowest BCUT2D eigenvalue weighted by atomic mass is 10.1. The van der Waals surface area contributed by atoms with Gasteiger partial charge in [0.1, 0.15) is 5.75 Å². The first kappa shape index (κ1) is 14.4. The van der Waals surface area contributed by atoms with Crippen molar-refractivity contribution in [3.8, 4) is 5.75 Å². The van der Waals surface area contributed by atoms with Gasteiger partial charge in [-0.2, -0.15) is 0 Å². The lowest BCUT2D eigenvalue weighted by molar-refractivity contribution is -0.131. The number of hydrogen-bond donors (Lipinski definition) is 1. The van der Waals surface area contributed by atoms with Gasteiger partial charge in [-0.1, -0.05) is 12.1 Å². The molecule has 2 aliphatic rings. The van der Waals surface area contributed by atoms with Crippen molar-refractivity contribution < 1.29 is 9.53 Å². The van der Waals surface area contributed by atoms with Gasteiger partial charge in [-0.05, 0) is 43.4 Å². The van der Waals surface area contributed by atoms with Gasteiger partial charge in [0.25, 0.3) is 0 Å². The van der Waals surface area contributed by atoms with E-state index in [4.69, 9.17) is 4.74 Å².